The lowest BCUT2D eigenvalue weighted by Gasteiger charge is -2.34. The fraction of sp³-hybridized carbons (Fsp3) is 0.350. The summed E-state index contributed by atoms with van der Waals surface area (Å²) in [6, 6.07) is 19.1. The van der Waals surface area contributed by atoms with Crippen LogP contribution in [0.15, 0.2) is 48.5 Å². The van der Waals surface area contributed by atoms with Gasteiger partial charge in [0.05, 0.1) is 18.6 Å². The molecule has 0 aliphatic carbocycles. The van der Waals surface area contributed by atoms with Gasteiger partial charge in [-0.2, -0.15) is 5.26 Å². The summed E-state index contributed by atoms with van der Waals surface area (Å²) >= 11 is 0. The monoisotopic (exact) mass is 304 g/mol. The largest absolute Gasteiger partial charge is 0.371 e. The molecule has 23 heavy (non-hydrogen) atoms. The van der Waals surface area contributed by atoms with Crippen LogP contribution >= 0.6 is 0 Å². The van der Waals surface area contributed by atoms with Gasteiger partial charge in [-0.15, -0.1) is 0 Å². The molecule has 0 N–H and O–H groups in total. The molecule has 2 aliphatic heterocycles. The molecule has 3 heteroatoms. The van der Waals surface area contributed by atoms with E-state index in [9.17, 15) is 5.26 Å². The Morgan fingerprint density at radius 1 is 1.00 bits per heavy atom. The van der Waals surface area contributed by atoms with E-state index in [1.54, 1.807) is 0 Å². The molecule has 2 aromatic rings. The molecule has 4 rings (SSSR count). The second-order valence-electron chi connectivity index (χ2n) is 6.29. The van der Waals surface area contributed by atoms with Gasteiger partial charge in [0, 0.05) is 18.8 Å². The minimum absolute atomic E-state index is 0.0123. The molecule has 0 aromatic heterocycles. The zero-order chi connectivity index (χ0) is 15.6. The summed E-state index contributed by atoms with van der Waals surface area (Å²) in [5, 5.41) is 9.62. The predicted molar refractivity (Wildman–Crippen MR) is 90.4 cm³/mol. The first-order valence-electron chi connectivity index (χ1n) is 8.31. The number of fused-ring (bicyclic) bond motifs is 1. The van der Waals surface area contributed by atoms with Crippen LogP contribution in [0.1, 0.15) is 35.4 Å². The van der Waals surface area contributed by atoms with E-state index < -0.39 is 6.10 Å². The Balaban J connectivity index is 1.88. The topological polar surface area (TPSA) is 36.3 Å². The highest BCUT2D eigenvalue weighted by Crippen LogP contribution is 2.42. The van der Waals surface area contributed by atoms with Gasteiger partial charge in [0.1, 0.15) is 0 Å². The molecule has 2 aromatic carbocycles. The van der Waals surface area contributed by atoms with Crippen molar-refractivity contribution in [2.75, 3.05) is 18.0 Å². The molecule has 0 amide bonds. The third-order valence-electron chi connectivity index (χ3n) is 4.94. The van der Waals surface area contributed by atoms with Crippen LogP contribution in [0.2, 0.25) is 0 Å². The smallest absolute Gasteiger partial charge is 0.155 e. The van der Waals surface area contributed by atoms with Gasteiger partial charge in [-0.3, -0.25) is 0 Å². The molecule has 2 aliphatic rings. The van der Waals surface area contributed by atoms with Gasteiger partial charge in [0.25, 0.3) is 0 Å². The molecule has 1 saturated heterocycles. The lowest BCUT2D eigenvalue weighted by atomic mass is 9.81. The van der Waals surface area contributed by atoms with E-state index >= 15 is 0 Å². The van der Waals surface area contributed by atoms with E-state index in [1.165, 1.54) is 29.7 Å². The summed E-state index contributed by atoms with van der Waals surface area (Å²) < 4.78 is 5.86. The van der Waals surface area contributed by atoms with Gasteiger partial charge >= 0.3 is 0 Å². The number of nitrogens with zero attached hydrogens (tertiary/aromatic N) is 2. The summed E-state index contributed by atoms with van der Waals surface area (Å²) in [5.74, 6) is -0.0123. The maximum atomic E-state index is 9.62. The normalized spacial score (nSPS) is 23.3. The molecule has 2 unspecified atom stereocenters. The van der Waals surface area contributed by atoms with Gasteiger partial charge in [0.2, 0.25) is 0 Å². The Hall–Kier alpha value is -2.31. The van der Waals surface area contributed by atoms with Gasteiger partial charge in [-0.1, -0.05) is 42.5 Å². The maximum absolute atomic E-state index is 9.62. The Morgan fingerprint density at radius 2 is 1.78 bits per heavy atom. The van der Waals surface area contributed by atoms with E-state index in [4.69, 9.17) is 4.74 Å². The lowest BCUT2D eigenvalue weighted by molar-refractivity contribution is 0.0525. The van der Waals surface area contributed by atoms with Crippen LogP contribution in [0.5, 0.6) is 0 Å². The van der Waals surface area contributed by atoms with Crippen LogP contribution in [0.25, 0.3) is 0 Å². The number of nitriles is 1. The summed E-state index contributed by atoms with van der Waals surface area (Å²) in [4.78, 5) is 2.47. The van der Waals surface area contributed by atoms with E-state index in [2.05, 4.69) is 41.3 Å². The standard InChI is InChI=1S/C20H20N2O/c21-13-18-20(15-7-2-1-3-8-15)19-16(14-23-18)9-6-10-17(19)22-11-4-5-12-22/h1-3,6-10,18,20H,4-5,11-12,14H2. The van der Waals surface area contributed by atoms with Crippen molar-refractivity contribution < 1.29 is 4.74 Å². The number of rotatable bonds is 2. The van der Waals surface area contributed by atoms with Crippen molar-refractivity contribution in [3.63, 3.8) is 0 Å². The van der Waals surface area contributed by atoms with E-state index in [0.29, 0.717) is 6.61 Å². The second kappa shape index (κ2) is 6.06. The summed E-state index contributed by atoms with van der Waals surface area (Å²) in [5.41, 5.74) is 4.96. The van der Waals surface area contributed by atoms with Gasteiger partial charge in [-0.25, -0.2) is 0 Å². The van der Waals surface area contributed by atoms with E-state index in [1.807, 2.05) is 18.2 Å². The zero-order valence-corrected chi connectivity index (χ0v) is 13.1. The van der Waals surface area contributed by atoms with Crippen molar-refractivity contribution in [2.45, 2.75) is 31.5 Å². The Labute approximate surface area is 137 Å². The van der Waals surface area contributed by atoms with Crippen LogP contribution in [0.4, 0.5) is 5.69 Å². The fourth-order valence-electron chi connectivity index (χ4n) is 3.86. The molecule has 0 saturated carbocycles. The van der Waals surface area contributed by atoms with Crippen molar-refractivity contribution in [1.29, 1.82) is 5.26 Å². The molecular formula is C20H20N2O. The average Bonchev–Trinajstić information content (AvgIpc) is 3.15. The molecule has 1 fully saturated rings. The van der Waals surface area contributed by atoms with Gasteiger partial charge < -0.3 is 9.64 Å². The summed E-state index contributed by atoms with van der Waals surface area (Å²) in [6.45, 7) is 2.74. The van der Waals surface area contributed by atoms with E-state index in [-0.39, 0.29) is 5.92 Å². The van der Waals surface area contributed by atoms with Crippen molar-refractivity contribution in [1.82, 2.24) is 0 Å². The van der Waals surface area contributed by atoms with Crippen LogP contribution in [0, 0.1) is 11.3 Å². The first-order valence-corrected chi connectivity index (χ1v) is 8.31. The molecule has 2 atom stereocenters. The maximum Gasteiger partial charge on any atom is 0.155 e. The minimum Gasteiger partial charge on any atom is -0.371 e. The number of benzene rings is 2. The van der Waals surface area contributed by atoms with Crippen molar-refractivity contribution in [2.24, 2.45) is 0 Å². The quantitative estimate of drug-likeness (QED) is 0.845. The molecular weight excluding hydrogens is 284 g/mol. The summed E-state index contributed by atoms with van der Waals surface area (Å²) in [7, 11) is 0. The molecule has 0 radical (unpaired) electrons. The Bertz CT molecular complexity index is 729. The number of hydrogen-bond acceptors (Lipinski definition) is 3. The summed E-state index contributed by atoms with van der Waals surface area (Å²) in [6.07, 6.45) is 2.07. The number of ether oxygens (including phenoxy) is 1. The van der Waals surface area contributed by atoms with Gasteiger partial charge in [0.15, 0.2) is 6.10 Å². The van der Waals surface area contributed by atoms with Gasteiger partial charge in [-0.05, 0) is 35.6 Å². The predicted octanol–water partition coefficient (Wildman–Crippen LogP) is 3.84. The van der Waals surface area contributed by atoms with Crippen molar-refractivity contribution in [3.05, 3.63) is 65.2 Å². The van der Waals surface area contributed by atoms with Crippen molar-refractivity contribution >= 4 is 5.69 Å². The molecule has 2 heterocycles. The fourth-order valence-corrected chi connectivity index (χ4v) is 3.86. The lowest BCUT2D eigenvalue weighted by Crippen LogP contribution is -2.30. The molecule has 3 nitrogen and oxygen atoms in total. The SMILES string of the molecule is N#CC1OCc2cccc(N3CCCC3)c2C1c1ccccc1. The van der Waals surface area contributed by atoms with Crippen LogP contribution < -0.4 is 4.90 Å². The average molecular weight is 304 g/mol. The number of hydrogen-bond donors (Lipinski definition) is 0. The van der Waals surface area contributed by atoms with Crippen LogP contribution in [-0.2, 0) is 11.3 Å². The zero-order valence-electron chi connectivity index (χ0n) is 13.1. The molecule has 116 valence electrons. The highest BCUT2D eigenvalue weighted by molar-refractivity contribution is 5.62. The highest BCUT2D eigenvalue weighted by atomic mass is 16.5. The molecule has 0 bridgehead atoms. The third-order valence-corrected chi connectivity index (χ3v) is 4.94. The van der Waals surface area contributed by atoms with E-state index in [0.717, 1.165) is 18.7 Å². The first kappa shape index (κ1) is 14.3. The van der Waals surface area contributed by atoms with Crippen LogP contribution in [0.3, 0.4) is 0 Å². The van der Waals surface area contributed by atoms with Crippen LogP contribution in [-0.4, -0.2) is 19.2 Å². The Morgan fingerprint density at radius 3 is 2.52 bits per heavy atom. The Kier molecular flexibility index (Phi) is 3.77. The van der Waals surface area contributed by atoms with Crippen molar-refractivity contribution in [3.8, 4) is 6.07 Å². The third kappa shape index (κ3) is 2.50. The second-order valence-corrected chi connectivity index (χ2v) is 6.29. The molecule has 0 spiro atoms. The number of anilines is 1. The first-order chi connectivity index (χ1) is 11.4. The highest BCUT2D eigenvalue weighted by Gasteiger charge is 2.35. The minimum atomic E-state index is -0.423.